The van der Waals surface area contributed by atoms with Crippen molar-refractivity contribution in [1.29, 1.82) is 0 Å². The molecule has 0 radical (unpaired) electrons. The Kier molecular flexibility index (Phi) is 5.42. The minimum atomic E-state index is 0.0916. The van der Waals surface area contributed by atoms with Crippen molar-refractivity contribution in [2.45, 2.75) is 12.8 Å². The summed E-state index contributed by atoms with van der Waals surface area (Å²) >= 11 is 0. The van der Waals surface area contributed by atoms with E-state index in [1.807, 2.05) is 11.9 Å². The standard InChI is InChI=1S/C10H21N3O2/c1-12(5-2-4-11)10(14)13-6-3-8-15-9-7-13/h2-9,11H2,1H3. The highest BCUT2D eigenvalue weighted by Gasteiger charge is 2.18. The molecule has 5 nitrogen and oxygen atoms in total. The third kappa shape index (κ3) is 4.05. The van der Waals surface area contributed by atoms with Gasteiger partial charge >= 0.3 is 6.03 Å². The van der Waals surface area contributed by atoms with E-state index in [0.717, 1.165) is 32.5 Å². The topological polar surface area (TPSA) is 58.8 Å². The zero-order chi connectivity index (χ0) is 11.1. The maximum atomic E-state index is 11.9. The molecular weight excluding hydrogens is 194 g/mol. The van der Waals surface area contributed by atoms with E-state index in [1.54, 1.807) is 4.90 Å². The molecule has 1 fully saturated rings. The molecule has 0 aliphatic carbocycles. The van der Waals surface area contributed by atoms with Crippen LogP contribution in [0, 0.1) is 0 Å². The largest absolute Gasteiger partial charge is 0.380 e. The van der Waals surface area contributed by atoms with Crippen molar-refractivity contribution in [2.24, 2.45) is 5.73 Å². The van der Waals surface area contributed by atoms with Gasteiger partial charge < -0.3 is 20.3 Å². The third-order valence-electron chi connectivity index (χ3n) is 2.52. The van der Waals surface area contributed by atoms with Crippen LogP contribution in [0.3, 0.4) is 0 Å². The van der Waals surface area contributed by atoms with Gasteiger partial charge in [-0.2, -0.15) is 0 Å². The molecule has 0 spiro atoms. The normalized spacial score (nSPS) is 17.3. The molecule has 2 N–H and O–H groups in total. The highest BCUT2D eigenvalue weighted by molar-refractivity contribution is 5.74. The summed E-state index contributed by atoms with van der Waals surface area (Å²) in [6.07, 6.45) is 1.78. The van der Waals surface area contributed by atoms with E-state index >= 15 is 0 Å². The lowest BCUT2D eigenvalue weighted by atomic mass is 10.4. The Balaban J connectivity index is 2.35. The molecule has 0 aromatic heterocycles. The molecule has 88 valence electrons. The summed E-state index contributed by atoms with van der Waals surface area (Å²) in [6.45, 7) is 4.26. The van der Waals surface area contributed by atoms with Gasteiger partial charge in [-0.15, -0.1) is 0 Å². The van der Waals surface area contributed by atoms with E-state index in [2.05, 4.69) is 0 Å². The molecule has 0 aromatic carbocycles. The van der Waals surface area contributed by atoms with Gasteiger partial charge in [0.05, 0.1) is 6.61 Å². The van der Waals surface area contributed by atoms with Crippen molar-refractivity contribution in [2.75, 3.05) is 46.4 Å². The van der Waals surface area contributed by atoms with Crippen molar-refractivity contribution in [3.63, 3.8) is 0 Å². The van der Waals surface area contributed by atoms with Gasteiger partial charge in [-0.3, -0.25) is 0 Å². The van der Waals surface area contributed by atoms with Crippen LogP contribution in [0.1, 0.15) is 12.8 Å². The molecule has 0 aromatic rings. The Morgan fingerprint density at radius 3 is 3.00 bits per heavy atom. The van der Waals surface area contributed by atoms with Crippen LogP contribution >= 0.6 is 0 Å². The summed E-state index contributed by atoms with van der Waals surface area (Å²) in [6, 6.07) is 0.0916. The fourth-order valence-electron chi connectivity index (χ4n) is 1.60. The molecular formula is C10H21N3O2. The smallest absolute Gasteiger partial charge is 0.319 e. The minimum Gasteiger partial charge on any atom is -0.380 e. The number of ether oxygens (including phenoxy) is 1. The van der Waals surface area contributed by atoms with Gasteiger partial charge in [0.1, 0.15) is 0 Å². The lowest BCUT2D eigenvalue weighted by Crippen LogP contribution is -2.43. The van der Waals surface area contributed by atoms with E-state index in [1.165, 1.54) is 0 Å². The summed E-state index contributed by atoms with van der Waals surface area (Å²) < 4.78 is 5.30. The molecule has 0 unspecified atom stereocenters. The SMILES string of the molecule is CN(CCCN)C(=O)N1CCCOCC1. The van der Waals surface area contributed by atoms with Crippen molar-refractivity contribution >= 4 is 6.03 Å². The van der Waals surface area contributed by atoms with Gasteiger partial charge in [0.25, 0.3) is 0 Å². The van der Waals surface area contributed by atoms with Crippen molar-refractivity contribution in [3.8, 4) is 0 Å². The average Bonchev–Trinajstić information content (AvgIpc) is 2.53. The summed E-state index contributed by atoms with van der Waals surface area (Å²) in [7, 11) is 1.82. The van der Waals surface area contributed by atoms with E-state index in [4.69, 9.17) is 10.5 Å². The number of rotatable bonds is 3. The molecule has 1 aliphatic heterocycles. The molecule has 2 amide bonds. The zero-order valence-corrected chi connectivity index (χ0v) is 9.45. The van der Waals surface area contributed by atoms with Crippen LogP contribution in [0.2, 0.25) is 0 Å². The monoisotopic (exact) mass is 215 g/mol. The maximum absolute atomic E-state index is 11.9. The van der Waals surface area contributed by atoms with Gasteiger partial charge in [-0.25, -0.2) is 4.79 Å². The number of nitrogens with zero attached hydrogens (tertiary/aromatic N) is 2. The fraction of sp³-hybridized carbons (Fsp3) is 0.900. The second-order valence-electron chi connectivity index (χ2n) is 3.80. The lowest BCUT2D eigenvalue weighted by molar-refractivity contribution is 0.135. The second-order valence-corrected chi connectivity index (χ2v) is 3.80. The first kappa shape index (κ1) is 12.3. The highest BCUT2D eigenvalue weighted by atomic mass is 16.5. The number of carbonyl (C=O) groups is 1. The Morgan fingerprint density at radius 2 is 2.27 bits per heavy atom. The fourth-order valence-corrected chi connectivity index (χ4v) is 1.60. The van der Waals surface area contributed by atoms with Crippen LogP contribution in [-0.2, 0) is 4.74 Å². The molecule has 15 heavy (non-hydrogen) atoms. The van der Waals surface area contributed by atoms with E-state index < -0.39 is 0 Å². The summed E-state index contributed by atoms with van der Waals surface area (Å²) in [5.41, 5.74) is 5.41. The van der Waals surface area contributed by atoms with Crippen LogP contribution in [0.15, 0.2) is 0 Å². The van der Waals surface area contributed by atoms with E-state index in [9.17, 15) is 4.79 Å². The van der Waals surface area contributed by atoms with Gasteiger partial charge in [-0.05, 0) is 19.4 Å². The molecule has 0 saturated carbocycles. The average molecular weight is 215 g/mol. The van der Waals surface area contributed by atoms with Crippen LogP contribution in [0.25, 0.3) is 0 Å². The summed E-state index contributed by atoms with van der Waals surface area (Å²) in [4.78, 5) is 15.5. The predicted molar refractivity (Wildman–Crippen MR) is 58.7 cm³/mol. The summed E-state index contributed by atoms with van der Waals surface area (Å²) in [5.74, 6) is 0. The molecule has 5 heteroatoms. The number of hydrogen-bond donors (Lipinski definition) is 1. The minimum absolute atomic E-state index is 0.0916. The van der Waals surface area contributed by atoms with Crippen LogP contribution in [-0.4, -0.2) is 62.3 Å². The van der Waals surface area contributed by atoms with E-state index in [-0.39, 0.29) is 6.03 Å². The third-order valence-corrected chi connectivity index (χ3v) is 2.52. The first-order valence-corrected chi connectivity index (χ1v) is 5.53. The van der Waals surface area contributed by atoms with Gasteiger partial charge in [0.15, 0.2) is 0 Å². The molecule has 0 atom stereocenters. The first-order valence-electron chi connectivity index (χ1n) is 5.53. The Bertz CT molecular complexity index is 191. The molecule has 1 heterocycles. The summed E-state index contributed by atoms with van der Waals surface area (Å²) in [5, 5.41) is 0. The molecule has 1 saturated heterocycles. The highest BCUT2D eigenvalue weighted by Crippen LogP contribution is 2.03. The first-order chi connectivity index (χ1) is 7.25. The van der Waals surface area contributed by atoms with Crippen LogP contribution in [0.5, 0.6) is 0 Å². The number of urea groups is 1. The predicted octanol–water partition coefficient (Wildman–Crippen LogP) is 0.109. The Morgan fingerprint density at radius 1 is 1.47 bits per heavy atom. The van der Waals surface area contributed by atoms with Crippen molar-refractivity contribution in [1.82, 2.24) is 9.80 Å². The van der Waals surface area contributed by atoms with Crippen LogP contribution in [0.4, 0.5) is 4.79 Å². The van der Waals surface area contributed by atoms with Gasteiger partial charge in [-0.1, -0.05) is 0 Å². The van der Waals surface area contributed by atoms with Gasteiger partial charge in [0.2, 0.25) is 0 Å². The molecule has 1 aliphatic rings. The number of hydrogen-bond acceptors (Lipinski definition) is 3. The molecule has 0 bridgehead atoms. The van der Waals surface area contributed by atoms with Crippen molar-refractivity contribution in [3.05, 3.63) is 0 Å². The van der Waals surface area contributed by atoms with Gasteiger partial charge in [0, 0.05) is 33.3 Å². The second kappa shape index (κ2) is 6.63. The van der Waals surface area contributed by atoms with E-state index in [0.29, 0.717) is 19.7 Å². The Labute approximate surface area is 91.2 Å². The number of carbonyl (C=O) groups excluding carboxylic acids is 1. The quantitative estimate of drug-likeness (QED) is 0.727. The number of amides is 2. The lowest BCUT2D eigenvalue weighted by Gasteiger charge is -2.26. The Hall–Kier alpha value is -0.810. The maximum Gasteiger partial charge on any atom is 0.319 e. The van der Waals surface area contributed by atoms with Crippen molar-refractivity contribution < 1.29 is 9.53 Å². The zero-order valence-electron chi connectivity index (χ0n) is 9.45. The van der Waals surface area contributed by atoms with Crippen LogP contribution < -0.4 is 5.73 Å². The molecule has 1 rings (SSSR count). The number of nitrogens with two attached hydrogens (primary N) is 1.